The Morgan fingerprint density at radius 2 is 1.58 bits per heavy atom. The summed E-state index contributed by atoms with van der Waals surface area (Å²) in [5.74, 6) is -1.83. The molecule has 0 bridgehead atoms. The second-order valence-electron chi connectivity index (χ2n) is 2.69. The van der Waals surface area contributed by atoms with Crippen LogP contribution in [-0.2, 0) is 4.79 Å². The number of ketones is 1. The lowest BCUT2D eigenvalue weighted by molar-refractivity contribution is -0.177. The maximum absolute atomic E-state index is 11.9. The number of carbonyl (C=O) groups excluding carboxylic acids is 1. The maximum atomic E-state index is 11.9. The molecule has 0 aliphatic carbocycles. The monoisotopic (exact) mass is 183 g/mol. The van der Waals surface area contributed by atoms with Gasteiger partial charge in [-0.25, -0.2) is 0 Å². The molecule has 0 aromatic heterocycles. The van der Waals surface area contributed by atoms with E-state index in [9.17, 15) is 18.0 Å². The molecule has 0 saturated heterocycles. The van der Waals surface area contributed by atoms with E-state index in [-0.39, 0.29) is 12.8 Å². The molecule has 2 N–H and O–H groups in total. The Labute approximate surface area is 68.9 Å². The fourth-order valence-electron chi connectivity index (χ4n) is 0.853. The Hall–Kier alpha value is -0.580. The molecule has 0 unspecified atom stereocenters. The minimum atomic E-state index is -4.82. The number of halogens is 3. The summed E-state index contributed by atoms with van der Waals surface area (Å²) in [7, 11) is 0. The van der Waals surface area contributed by atoms with Crippen molar-refractivity contribution in [1.82, 2.24) is 0 Å². The van der Waals surface area contributed by atoms with Crippen LogP contribution in [0.25, 0.3) is 0 Å². The molecule has 0 aromatic rings. The van der Waals surface area contributed by atoms with Gasteiger partial charge >= 0.3 is 6.18 Å². The number of alkyl halides is 3. The van der Waals surface area contributed by atoms with Crippen LogP contribution in [0.4, 0.5) is 13.2 Å². The minimum absolute atomic E-state index is 0.00183. The lowest BCUT2D eigenvalue weighted by atomic mass is 9.89. The van der Waals surface area contributed by atoms with Crippen LogP contribution in [0.5, 0.6) is 0 Å². The normalized spacial score (nSPS) is 13.2. The third-order valence-electron chi connectivity index (χ3n) is 1.97. The van der Waals surface area contributed by atoms with E-state index in [0.29, 0.717) is 0 Å². The molecule has 0 spiro atoms. The summed E-state index contributed by atoms with van der Waals surface area (Å²) in [6, 6.07) is 0. The van der Waals surface area contributed by atoms with E-state index in [0.717, 1.165) is 0 Å². The van der Waals surface area contributed by atoms with E-state index in [2.05, 4.69) is 0 Å². The summed E-state index contributed by atoms with van der Waals surface area (Å²) in [4.78, 5) is 10.7. The molecule has 0 fully saturated rings. The summed E-state index contributed by atoms with van der Waals surface area (Å²) in [6.45, 7) is 2.93. The summed E-state index contributed by atoms with van der Waals surface area (Å²) in [5, 5.41) is 0. The van der Waals surface area contributed by atoms with Crippen LogP contribution < -0.4 is 5.73 Å². The average Bonchev–Trinajstić information content (AvgIpc) is 2.00. The van der Waals surface area contributed by atoms with Crippen molar-refractivity contribution in [3.05, 3.63) is 0 Å². The lowest BCUT2D eigenvalue weighted by Crippen LogP contribution is -2.53. The molecule has 2 nitrogen and oxygen atoms in total. The molecule has 5 heteroatoms. The van der Waals surface area contributed by atoms with Gasteiger partial charge in [-0.3, -0.25) is 4.79 Å². The Balaban J connectivity index is 4.66. The number of carbonyl (C=O) groups is 1. The number of nitrogens with two attached hydrogens (primary N) is 1. The largest absolute Gasteiger partial charge is 0.451 e. The maximum Gasteiger partial charge on any atom is 0.451 e. The minimum Gasteiger partial charge on any atom is -0.319 e. The highest BCUT2D eigenvalue weighted by Gasteiger charge is 2.48. The first-order valence-electron chi connectivity index (χ1n) is 3.68. The predicted octanol–water partition coefficient (Wildman–Crippen LogP) is 1.64. The van der Waals surface area contributed by atoms with Crippen molar-refractivity contribution in [3.63, 3.8) is 0 Å². The average molecular weight is 183 g/mol. The highest BCUT2D eigenvalue weighted by Crippen LogP contribution is 2.25. The summed E-state index contributed by atoms with van der Waals surface area (Å²) >= 11 is 0. The van der Waals surface area contributed by atoms with Crippen LogP contribution in [0, 0.1) is 0 Å². The zero-order valence-electron chi connectivity index (χ0n) is 7.03. The van der Waals surface area contributed by atoms with Crippen molar-refractivity contribution in [2.24, 2.45) is 5.73 Å². The Morgan fingerprint density at radius 1 is 1.25 bits per heavy atom. The Kier molecular flexibility index (Phi) is 3.26. The topological polar surface area (TPSA) is 43.1 Å². The van der Waals surface area contributed by atoms with Gasteiger partial charge in [0.05, 0.1) is 5.54 Å². The summed E-state index contributed by atoms with van der Waals surface area (Å²) < 4.78 is 35.7. The van der Waals surface area contributed by atoms with Gasteiger partial charge in [0.2, 0.25) is 0 Å². The molecule has 0 rings (SSSR count). The zero-order valence-corrected chi connectivity index (χ0v) is 7.03. The molecular formula is C7H12F3NO. The van der Waals surface area contributed by atoms with Gasteiger partial charge in [0.25, 0.3) is 5.78 Å². The molecule has 12 heavy (non-hydrogen) atoms. The third kappa shape index (κ3) is 2.20. The molecule has 0 heterocycles. The van der Waals surface area contributed by atoms with Crippen molar-refractivity contribution in [1.29, 1.82) is 0 Å². The van der Waals surface area contributed by atoms with E-state index in [4.69, 9.17) is 5.73 Å². The first-order valence-corrected chi connectivity index (χ1v) is 3.68. The second-order valence-corrected chi connectivity index (χ2v) is 2.69. The number of rotatable bonds is 3. The van der Waals surface area contributed by atoms with E-state index in [1.165, 1.54) is 13.8 Å². The smallest absolute Gasteiger partial charge is 0.319 e. The molecule has 72 valence electrons. The van der Waals surface area contributed by atoms with Crippen LogP contribution in [0.1, 0.15) is 26.7 Å². The van der Waals surface area contributed by atoms with Crippen molar-refractivity contribution < 1.29 is 18.0 Å². The molecule has 0 aliphatic rings. The van der Waals surface area contributed by atoms with E-state index >= 15 is 0 Å². The van der Waals surface area contributed by atoms with Gasteiger partial charge in [0, 0.05) is 0 Å². The molecule has 0 aromatic carbocycles. The van der Waals surface area contributed by atoms with E-state index in [1.54, 1.807) is 0 Å². The lowest BCUT2D eigenvalue weighted by Gasteiger charge is -2.25. The number of hydrogen-bond donors (Lipinski definition) is 1. The van der Waals surface area contributed by atoms with E-state index in [1.807, 2.05) is 0 Å². The highest BCUT2D eigenvalue weighted by atomic mass is 19.4. The fourth-order valence-corrected chi connectivity index (χ4v) is 0.853. The molecule has 0 amide bonds. The Morgan fingerprint density at radius 3 is 1.67 bits per heavy atom. The second kappa shape index (κ2) is 3.43. The number of Topliss-reactive ketones (excluding diaryl/α,β-unsaturated/α-hetero) is 1. The molecule has 0 radical (unpaired) electrons. The predicted molar refractivity (Wildman–Crippen MR) is 38.6 cm³/mol. The molecule has 0 atom stereocenters. The van der Waals surface area contributed by atoms with Crippen molar-refractivity contribution in [2.45, 2.75) is 38.4 Å². The van der Waals surface area contributed by atoms with Gasteiger partial charge in [0.1, 0.15) is 0 Å². The first kappa shape index (κ1) is 11.4. The van der Waals surface area contributed by atoms with Gasteiger partial charge in [-0.15, -0.1) is 0 Å². The van der Waals surface area contributed by atoms with Gasteiger partial charge in [-0.1, -0.05) is 13.8 Å². The van der Waals surface area contributed by atoms with Gasteiger partial charge in [-0.05, 0) is 12.8 Å². The van der Waals surface area contributed by atoms with Gasteiger partial charge < -0.3 is 5.73 Å². The van der Waals surface area contributed by atoms with Crippen molar-refractivity contribution in [2.75, 3.05) is 0 Å². The molecular weight excluding hydrogens is 171 g/mol. The van der Waals surface area contributed by atoms with Crippen LogP contribution in [-0.4, -0.2) is 17.5 Å². The van der Waals surface area contributed by atoms with E-state index < -0.39 is 17.5 Å². The standard InChI is InChI=1S/C7H12F3NO/c1-3-6(11,4-2)5(12)7(8,9)10/h3-4,11H2,1-2H3. The highest BCUT2D eigenvalue weighted by molar-refractivity contribution is 5.92. The van der Waals surface area contributed by atoms with Crippen LogP contribution in [0.2, 0.25) is 0 Å². The molecule has 0 aliphatic heterocycles. The quantitative estimate of drug-likeness (QED) is 0.722. The summed E-state index contributed by atoms with van der Waals surface area (Å²) in [6.07, 6.45) is -4.82. The first-order chi connectivity index (χ1) is 5.28. The fraction of sp³-hybridized carbons (Fsp3) is 0.857. The van der Waals surface area contributed by atoms with Crippen LogP contribution in [0.3, 0.4) is 0 Å². The van der Waals surface area contributed by atoms with Crippen molar-refractivity contribution >= 4 is 5.78 Å². The SMILES string of the molecule is CCC(N)(CC)C(=O)C(F)(F)F. The van der Waals surface area contributed by atoms with Crippen LogP contribution >= 0.6 is 0 Å². The third-order valence-corrected chi connectivity index (χ3v) is 1.97. The summed E-state index contributed by atoms with van der Waals surface area (Å²) in [5.41, 5.74) is 3.52. The molecule has 0 saturated carbocycles. The number of hydrogen-bond acceptors (Lipinski definition) is 2. The zero-order chi connectivity index (χ0) is 9.99. The van der Waals surface area contributed by atoms with Crippen molar-refractivity contribution in [3.8, 4) is 0 Å². The van der Waals surface area contributed by atoms with Gasteiger partial charge in [-0.2, -0.15) is 13.2 Å². The van der Waals surface area contributed by atoms with Gasteiger partial charge in [0.15, 0.2) is 0 Å². The van der Waals surface area contributed by atoms with Crippen LogP contribution in [0.15, 0.2) is 0 Å². The Bertz CT molecular complexity index is 172.